The fraction of sp³-hybridized carbons (Fsp3) is 1.00. The van der Waals surface area contributed by atoms with Gasteiger partial charge in [-0.2, -0.15) is 0 Å². The molecule has 0 saturated carbocycles. The van der Waals surface area contributed by atoms with Gasteiger partial charge in [0.25, 0.3) is 0 Å². The second kappa shape index (κ2) is 47.7. The van der Waals surface area contributed by atoms with E-state index in [1.165, 1.54) is 96.3 Å². The predicted octanol–water partition coefficient (Wildman–Crippen LogP) is 13.5. The van der Waals surface area contributed by atoms with Crippen LogP contribution in [-0.2, 0) is 44.6 Å². The van der Waals surface area contributed by atoms with Crippen molar-refractivity contribution < 1.29 is 59.3 Å². The molecule has 0 fully saturated rings. The van der Waals surface area contributed by atoms with E-state index in [9.17, 15) is 28.4 Å². The molecule has 55 heavy (non-hydrogen) atoms. The summed E-state index contributed by atoms with van der Waals surface area (Å²) in [7, 11) is -10.6. The summed E-state index contributed by atoms with van der Waals surface area (Å²) < 4.78 is 49.7. The second-order valence-corrected chi connectivity index (χ2v) is 20.8. The van der Waals surface area contributed by atoms with Crippen LogP contribution in [0.15, 0.2) is 0 Å². The van der Waals surface area contributed by atoms with Gasteiger partial charge in [0.1, 0.15) is 22.8 Å². The first kappa shape index (κ1) is 62.6. The fourth-order valence-electron chi connectivity index (χ4n) is 5.65. The Balaban J connectivity index is -0.000000351. The zero-order chi connectivity index (χ0) is 41.1. The molecule has 0 spiro atoms. The van der Waals surface area contributed by atoms with Gasteiger partial charge >= 0.3 is 17.4 Å². The van der Waals surface area contributed by atoms with E-state index in [0.717, 1.165) is 96.3 Å². The number of unbranched alkanes of at least 4 members (excludes halogenated alkanes) is 24. The van der Waals surface area contributed by atoms with Gasteiger partial charge < -0.3 is 41.9 Å². The average molecular weight is 884 g/mol. The van der Waals surface area contributed by atoms with Gasteiger partial charge in [-0.1, -0.05) is 196 Å². The number of hydrogen-bond acceptors (Lipinski definition) is 9. The Labute approximate surface area is 353 Å². The van der Waals surface area contributed by atoms with E-state index < -0.39 is 22.8 Å². The van der Waals surface area contributed by atoms with E-state index in [2.05, 4.69) is 41.5 Å². The van der Waals surface area contributed by atoms with Gasteiger partial charge in [-0.05, 0) is 38.5 Å². The molecule has 0 saturated heterocycles. The molecule has 0 aromatic rings. The Hall–Kier alpha value is 0.982. The van der Waals surface area contributed by atoms with Gasteiger partial charge in [0.2, 0.25) is 0 Å². The summed E-state index contributed by atoms with van der Waals surface area (Å²) in [5.74, 6) is 0. The molecule has 0 aliphatic carbocycles. The minimum absolute atomic E-state index is 0. The zero-order valence-corrected chi connectivity index (χ0v) is 40.8. The topological polar surface area (TPSA) is 148 Å². The quantitative estimate of drug-likeness (QED) is 0.0434. The third kappa shape index (κ3) is 57.1. The Bertz CT molecular complexity index is 774. The van der Waals surface area contributed by atoms with Crippen molar-refractivity contribution in [2.45, 2.75) is 234 Å². The summed E-state index contributed by atoms with van der Waals surface area (Å²) in [6, 6.07) is 0. The summed E-state index contributed by atoms with van der Waals surface area (Å²) in [6.07, 6.45) is 33.1. The van der Waals surface area contributed by atoms with Crippen molar-refractivity contribution in [1.29, 1.82) is 0 Å². The summed E-state index contributed by atoms with van der Waals surface area (Å²) in [5.41, 5.74) is 0. The van der Waals surface area contributed by atoms with E-state index in [1.54, 1.807) is 0 Å². The standard InChI is InChI=1S/3C14H31O3P.Cr/c3*1-3-5-7-9-11-13-17-18(15,16)14-12-10-8-6-4-2;/h3*3-14H2,1-2H3,(H,15,16);/q;;;+3/p-3. The molecule has 0 aliphatic heterocycles. The first-order valence-corrected chi connectivity index (χ1v) is 27.9. The smallest absolute Gasteiger partial charge is 0.778 e. The van der Waals surface area contributed by atoms with E-state index in [0.29, 0.717) is 19.8 Å². The van der Waals surface area contributed by atoms with Gasteiger partial charge in [-0.25, -0.2) is 0 Å². The van der Waals surface area contributed by atoms with E-state index in [1.807, 2.05) is 0 Å². The molecule has 0 heterocycles. The van der Waals surface area contributed by atoms with E-state index in [-0.39, 0.29) is 35.8 Å². The molecule has 13 heteroatoms. The fourth-order valence-corrected chi connectivity index (χ4v) is 9.09. The molecule has 9 nitrogen and oxygen atoms in total. The van der Waals surface area contributed by atoms with Gasteiger partial charge in [0.15, 0.2) is 0 Å². The van der Waals surface area contributed by atoms with Crippen molar-refractivity contribution >= 4 is 22.8 Å². The molecule has 0 aromatic heterocycles. The van der Waals surface area contributed by atoms with Crippen molar-refractivity contribution in [2.75, 3.05) is 38.3 Å². The summed E-state index contributed by atoms with van der Waals surface area (Å²) in [4.78, 5) is 34.7. The molecular formula is C42H90CrO9P3. The van der Waals surface area contributed by atoms with Crippen LogP contribution in [0.1, 0.15) is 234 Å². The van der Waals surface area contributed by atoms with Crippen molar-refractivity contribution in [3.63, 3.8) is 0 Å². The number of hydrogen-bond donors (Lipinski definition) is 0. The third-order valence-corrected chi connectivity index (χ3v) is 13.5. The molecule has 3 unspecified atom stereocenters. The minimum Gasteiger partial charge on any atom is -0.778 e. The van der Waals surface area contributed by atoms with Crippen molar-refractivity contribution in [3.05, 3.63) is 0 Å². The van der Waals surface area contributed by atoms with E-state index in [4.69, 9.17) is 13.6 Å². The molecule has 333 valence electrons. The predicted molar refractivity (Wildman–Crippen MR) is 228 cm³/mol. The maximum atomic E-state index is 11.6. The molecule has 0 rings (SSSR count). The monoisotopic (exact) mass is 884 g/mol. The maximum Gasteiger partial charge on any atom is 3.00 e. The molecule has 3 atom stereocenters. The Morgan fingerprint density at radius 1 is 0.291 bits per heavy atom. The third-order valence-electron chi connectivity index (χ3n) is 9.21. The summed E-state index contributed by atoms with van der Waals surface area (Å²) in [5, 5.41) is 0. The minimum atomic E-state index is -3.55. The van der Waals surface area contributed by atoms with Crippen LogP contribution in [0.5, 0.6) is 0 Å². The van der Waals surface area contributed by atoms with Crippen molar-refractivity contribution in [2.24, 2.45) is 0 Å². The average Bonchev–Trinajstić information content (AvgIpc) is 3.13. The van der Waals surface area contributed by atoms with Crippen molar-refractivity contribution in [3.8, 4) is 0 Å². The first-order valence-electron chi connectivity index (χ1n) is 22.7. The van der Waals surface area contributed by atoms with Gasteiger partial charge in [-0.15, -0.1) is 0 Å². The van der Waals surface area contributed by atoms with Crippen LogP contribution in [0.25, 0.3) is 0 Å². The Kier molecular flexibility index (Phi) is 54.3. The summed E-state index contributed by atoms with van der Waals surface area (Å²) >= 11 is 0. The number of rotatable bonds is 39. The first-order chi connectivity index (χ1) is 25.9. The van der Waals surface area contributed by atoms with Crippen LogP contribution in [-0.4, -0.2) is 38.3 Å². The van der Waals surface area contributed by atoms with Crippen LogP contribution in [0.3, 0.4) is 0 Å². The largest absolute Gasteiger partial charge is 3.00 e. The summed E-state index contributed by atoms with van der Waals surface area (Å²) in [6.45, 7) is 14.1. The Morgan fingerprint density at radius 3 is 0.636 bits per heavy atom. The molecule has 1 radical (unpaired) electrons. The normalized spacial score (nSPS) is 14.3. The van der Waals surface area contributed by atoms with Crippen LogP contribution < -0.4 is 14.7 Å². The molecule has 0 bridgehead atoms. The van der Waals surface area contributed by atoms with Crippen LogP contribution in [0.2, 0.25) is 0 Å². The van der Waals surface area contributed by atoms with Gasteiger partial charge in [0, 0.05) is 18.5 Å². The van der Waals surface area contributed by atoms with Crippen LogP contribution >= 0.6 is 22.8 Å². The SMILES string of the molecule is CCCCCCCOP(=O)([O-])CCCCCCC.CCCCCCCOP(=O)([O-])CCCCCCC.CCCCCCCOP(=O)([O-])CCCCCCC.[Cr+3]. The molecule has 0 aliphatic rings. The molecule has 0 N–H and O–H groups in total. The molecule has 0 aromatic carbocycles. The second-order valence-electron chi connectivity index (χ2n) is 15.0. The molecular weight excluding hydrogens is 793 g/mol. The van der Waals surface area contributed by atoms with Crippen molar-refractivity contribution in [1.82, 2.24) is 0 Å². The van der Waals surface area contributed by atoms with Crippen LogP contribution in [0, 0.1) is 0 Å². The van der Waals surface area contributed by atoms with Gasteiger partial charge in [0.05, 0.1) is 19.8 Å². The molecule has 0 amide bonds. The maximum absolute atomic E-state index is 11.6. The Morgan fingerprint density at radius 2 is 0.455 bits per heavy atom. The van der Waals surface area contributed by atoms with Gasteiger partial charge in [-0.3, -0.25) is 0 Å². The van der Waals surface area contributed by atoms with Crippen LogP contribution in [0.4, 0.5) is 0 Å². The zero-order valence-electron chi connectivity index (χ0n) is 36.9. The van der Waals surface area contributed by atoms with E-state index >= 15 is 0 Å².